The maximum Gasteiger partial charge on any atom is 0.341 e. The molecule has 0 saturated carbocycles. The highest BCUT2D eigenvalue weighted by Crippen LogP contribution is 2.26. The van der Waals surface area contributed by atoms with Crippen LogP contribution in [0.3, 0.4) is 0 Å². The van der Waals surface area contributed by atoms with Crippen LogP contribution in [-0.4, -0.2) is 33.3 Å². The van der Waals surface area contributed by atoms with E-state index in [4.69, 9.17) is 5.73 Å². The molecule has 0 bridgehead atoms. The molecule has 0 aromatic heterocycles. The van der Waals surface area contributed by atoms with Crippen molar-refractivity contribution in [1.29, 1.82) is 0 Å². The number of rotatable bonds is 4. The van der Waals surface area contributed by atoms with Gasteiger partial charge in [-0.1, -0.05) is 0 Å². The Labute approximate surface area is 123 Å². The monoisotopic (exact) mass is 318 g/mol. The van der Waals surface area contributed by atoms with Crippen LogP contribution in [0.5, 0.6) is 0 Å². The molecule has 1 atom stereocenters. The molecule has 0 radical (unpaired) electrons. The number of nitrogens with two attached hydrogens (primary N) is 1. The standard InChI is InChI=1S/C14H20F2N2O2S/c1-10(17)11-6-8-18(9-7-11)12-2-4-13(5-3-12)21(19,20)14(15)16/h2-5,10-11,14H,6-9,17H2,1H3. The van der Waals surface area contributed by atoms with E-state index in [0.29, 0.717) is 5.92 Å². The molecule has 1 heterocycles. The summed E-state index contributed by atoms with van der Waals surface area (Å²) in [4.78, 5) is 1.78. The molecular formula is C14H20F2N2O2S. The third kappa shape index (κ3) is 3.52. The fourth-order valence-electron chi connectivity index (χ4n) is 2.63. The minimum atomic E-state index is -4.51. The Morgan fingerprint density at radius 2 is 1.71 bits per heavy atom. The Kier molecular flexibility index (Phi) is 4.83. The third-order valence-electron chi connectivity index (χ3n) is 4.05. The minimum Gasteiger partial charge on any atom is -0.372 e. The Bertz CT molecular complexity index is 565. The van der Waals surface area contributed by atoms with Gasteiger partial charge in [0, 0.05) is 24.8 Å². The number of hydrogen-bond acceptors (Lipinski definition) is 4. The van der Waals surface area contributed by atoms with Gasteiger partial charge in [-0.3, -0.25) is 0 Å². The highest BCUT2D eigenvalue weighted by Gasteiger charge is 2.27. The minimum absolute atomic E-state index is 0.172. The van der Waals surface area contributed by atoms with Gasteiger partial charge in [-0.15, -0.1) is 0 Å². The lowest BCUT2D eigenvalue weighted by Gasteiger charge is -2.35. The maximum absolute atomic E-state index is 12.5. The lowest BCUT2D eigenvalue weighted by molar-refractivity contribution is 0.234. The molecule has 1 aliphatic rings. The van der Waals surface area contributed by atoms with Crippen LogP contribution in [0.1, 0.15) is 19.8 Å². The molecule has 1 aromatic carbocycles. The summed E-state index contributed by atoms with van der Waals surface area (Å²) in [6.45, 7) is 3.69. The number of alkyl halides is 2. The van der Waals surface area contributed by atoms with Crippen molar-refractivity contribution in [1.82, 2.24) is 0 Å². The lowest BCUT2D eigenvalue weighted by Crippen LogP contribution is -2.39. The van der Waals surface area contributed by atoms with Crippen molar-refractivity contribution in [3.8, 4) is 0 Å². The summed E-state index contributed by atoms with van der Waals surface area (Å²) < 4.78 is 47.6. The summed E-state index contributed by atoms with van der Waals surface area (Å²) in [7, 11) is -4.51. The van der Waals surface area contributed by atoms with Gasteiger partial charge in [0.1, 0.15) is 0 Å². The Hall–Kier alpha value is -1.21. The van der Waals surface area contributed by atoms with E-state index in [9.17, 15) is 17.2 Å². The SMILES string of the molecule is CC(N)C1CCN(c2ccc(S(=O)(=O)C(F)F)cc2)CC1. The van der Waals surface area contributed by atoms with Gasteiger partial charge in [0.05, 0.1) is 4.90 Å². The van der Waals surface area contributed by atoms with E-state index >= 15 is 0 Å². The first-order valence-electron chi connectivity index (χ1n) is 6.95. The van der Waals surface area contributed by atoms with Crippen LogP contribution in [0.2, 0.25) is 0 Å². The number of benzene rings is 1. The number of piperidine rings is 1. The van der Waals surface area contributed by atoms with Crippen LogP contribution < -0.4 is 10.6 Å². The zero-order valence-corrected chi connectivity index (χ0v) is 12.7. The van der Waals surface area contributed by atoms with Crippen molar-refractivity contribution >= 4 is 15.5 Å². The Morgan fingerprint density at radius 1 is 1.19 bits per heavy atom. The Morgan fingerprint density at radius 3 is 2.14 bits per heavy atom. The van der Waals surface area contributed by atoms with Crippen molar-refractivity contribution in [2.24, 2.45) is 11.7 Å². The van der Waals surface area contributed by atoms with Crippen molar-refractivity contribution in [3.63, 3.8) is 0 Å². The van der Waals surface area contributed by atoms with Gasteiger partial charge in [0.2, 0.25) is 9.84 Å². The average molecular weight is 318 g/mol. The number of nitrogens with zero attached hydrogens (tertiary/aromatic N) is 1. The van der Waals surface area contributed by atoms with Gasteiger partial charge in [-0.2, -0.15) is 8.78 Å². The molecule has 21 heavy (non-hydrogen) atoms. The molecule has 1 fully saturated rings. The van der Waals surface area contributed by atoms with Crippen molar-refractivity contribution in [2.45, 2.75) is 36.5 Å². The van der Waals surface area contributed by atoms with Crippen molar-refractivity contribution < 1.29 is 17.2 Å². The molecule has 118 valence electrons. The van der Waals surface area contributed by atoms with Gasteiger partial charge >= 0.3 is 5.76 Å². The van der Waals surface area contributed by atoms with E-state index in [0.717, 1.165) is 31.6 Å². The molecule has 0 spiro atoms. The predicted molar refractivity (Wildman–Crippen MR) is 78.2 cm³/mol. The summed E-state index contributed by atoms with van der Waals surface area (Å²) in [6.07, 6.45) is 1.96. The third-order valence-corrected chi connectivity index (χ3v) is 5.45. The predicted octanol–water partition coefficient (Wildman–Crippen LogP) is 2.25. The zero-order chi connectivity index (χ0) is 15.6. The molecule has 0 aliphatic carbocycles. The van der Waals surface area contributed by atoms with Crippen LogP contribution in [0, 0.1) is 5.92 Å². The molecule has 7 heteroatoms. The summed E-state index contributed by atoms with van der Waals surface area (Å²) in [6, 6.07) is 5.83. The van der Waals surface area contributed by atoms with Crippen LogP contribution in [0.25, 0.3) is 0 Å². The molecule has 1 aliphatic heterocycles. The summed E-state index contributed by atoms with van der Waals surface area (Å²) >= 11 is 0. The lowest BCUT2D eigenvalue weighted by atomic mass is 9.91. The normalized spacial score (nSPS) is 19.0. The number of anilines is 1. The summed E-state index contributed by atoms with van der Waals surface area (Å²) in [5.74, 6) is -2.88. The van der Waals surface area contributed by atoms with E-state index in [1.807, 2.05) is 6.92 Å². The number of sulfone groups is 1. The van der Waals surface area contributed by atoms with Crippen LogP contribution in [0.15, 0.2) is 29.2 Å². The summed E-state index contributed by atoms with van der Waals surface area (Å²) in [5, 5.41) is 0. The maximum atomic E-state index is 12.5. The molecular weight excluding hydrogens is 298 g/mol. The fraction of sp³-hybridized carbons (Fsp3) is 0.571. The Balaban J connectivity index is 2.07. The van der Waals surface area contributed by atoms with Gasteiger partial charge in [-0.25, -0.2) is 8.42 Å². The van der Waals surface area contributed by atoms with Gasteiger partial charge in [0.25, 0.3) is 0 Å². The van der Waals surface area contributed by atoms with Gasteiger partial charge in [0.15, 0.2) is 0 Å². The summed E-state index contributed by atoms with van der Waals surface area (Å²) in [5.41, 5.74) is 6.74. The zero-order valence-electron chi connectivity index (χ0n) is 11.9. The van der Waals surface area contributed by atoms with Crippen LogP contribution in [-0.2, 0) is 9.84 Å². The molecule has 1 saturated heterocycles. The molecule has 2 N–H and O–H groups in total. The molecule has 1 unspecified atom stereocenters. The van der Waals surface area contributed by atoms with E-state index in [1.165, 1.54) is 12.1 Å². The van der Waals surface area contributed by atoms with Gasteiger partial charge < -0.3 is 10.6 Å². The first kappa shape index (κ1) is 16.2. The van der Waals surface area contributed by atoms with E-state index in [-0.39, 0.29) is 10.9 Å². The first-order chi connectivity index (χ1) is 9.82. The first-order valence-corrected chi connectivity index (χ1v) is 8.49. The topological polar surface area (TPSA) is 63.4 Å². The molecule has 0 amide bonds. The smallest absolute Gasteiger partial charge is 0.341 e. The molecule has 1 aromatic rings. The van der Waals surface area contributed by atoms with E-state index in [1.54, 1.807) is 12.1 Å². The second-order valence-corrected chi connectivity index (χ2v) is 7.40. The second kappa shape index (κ2) is 6.27. The second-order valence-electron chi connectivity index (χ2n) is 5.48. The van der Waals surface area contributed by atoms with Crippen LogP contribution >= 0.6 is 0 Å². The van der Waals surface area contributed by atoms with Crippen molar-refractivity contribution in [3.05, 3.63) is 24.3 Å². The van der Waals surface area contributed by atoms with E-state index < -0.39 is 15.6 Å². The van der Waals surface area contributed by atoms with Crippen molar-refractivity contribution in [2.75, 3.05) is 18.0 Å². The number of hydrogen-bond donors (Lipinski definition) is 1. The van der Waals surface area contributed by atoms with Crippen LogP contribution in [0.4, 0.5) is 14.5 Å². The fourth-order valence-corrected chi connectivity index (χ4v) is 3.35. The number of halogens is 2. The largest absolute Gasteiger partial charge is 0.372 e. The van der Waals surface area contributed by atoms with Gasteiger partial charge in [-0.05, 0) is 49.9 Å². The molecule has 4 nitrogen and oxygen atoms in total. The highest BCUT2D eigenvalue weighted by molar-refractivity contribution is 7.91. The quantitative estimate of drug-likeness (QED) is 0.925. The highest BCUT2D eigenvalue weighted by atomic mass is 32.2. The molecule has 2 rings (SSSR count). The van der Waals surface area contributed by atoms with E-state index in [2.05, 4.69) is 4.90 Å². The average Bonchev–Trinajstić information content (AvgIpc) is 2.47.